The van der Waals surface area contributed by atoms with Gasteiger partial charge in [-0.3, -0.25) is 0 Å². The molecule has 0 heterocycles. The Balaban J connectivity index is 0.000000612. The van der Waals surface area contributed by atoms with Crippen LogP contribution < -0.4 is 0 Å². The third-order valence-corrected chi connectivity index (χ3v) is 3.13. The van der Waals surface area contributed by atoms with Crippen molar-refractivity contribution in [2.75, 3.05) is 0 Å². The smallest absolute Gasteiger partial charge is 0.430 e. The third kappa shape index (κ3) is 6.05. The van der Waals surface area contributed by atoms with E-state index in [0.717, 1.165) is 0 Å². The zero-order valence-electron chi connectivity index (χ0n) is 12.1. The van der Waals surface area contributed by atoms with Gasteiger partial charge in [-0.15, -0.1) is 0 Å². The monoisotopic (exact) mass is 270 g/mol. The number of unbranched alkanes of at least 4 members (excludes halogenated alkanes) is 2. The van der Waals surface area contributed by atoms with Gasteiger partial charge in [0, 0.05) is 0 Å². The molecule has 0 spiro atoms. The minimum Gasteiger partial charge on any atom is -0.430 e. The van der Waals surface area contributed by atoms with Gasteiger partial charge in [0.15, 0.2) is 0 Å². The fourth-order valence-corrected chi connectivity index (χ4v) is 2.07. The normalized spacial score (nSPS) is 9.55. The average molecular weight is 270 g/mol. The Hall–Kier alpha value is -1.58. The van der Waals surface area contributed by atoms with Crippen molar-refractivity contribution < 1.29 is 10.0 Å². The SMILES string of the molecule is CCCCCc1ccc(-c2ccccc2)cc1.OBO. The highest BCUT2D eigenvalue weighted by molar-refractivity contribution is 6.13. The van der Waals surface area contributed by atoms with Gasteiger partial charge in [-0.2, -0.15) is 0 Å². The van der Waals surface area contributed by atoms with Crippen LogP contribution in [0.3, 0.4) is 0 Å². The first-order chi connectivity index (χ1) is 9.81. The van der Waals surface area contributed by atoms with Gasteiger partial charge in [-0.25, -0.2) is 0 Å². The fourth-order valence-electron chi connectivity index (χ4n) is 2.07. The highest BCUT2D eigenvalue weighted by Gasteiger charge is 1.97. The average Bonchev–Trinajstić information content (AvgIpc) is 2.50. The Labute approximate surface area is 122 Å². The molecular weight excluding hydrogens is 247 g/mol. The standard InChI is InChI=1S/C17H20.BH3O2/c1-2-3-5-8-15-11-13-17(14-12-15)16-9-6-4-7-10-16;2-1-3/h4,6-7,9-14H,2-3,5,8H2,1H3;1-3H. The maximum atomic E-state index is 7.12. The Morgan fingerprint density at radius 1 is 0.800 bits per heavy atom. The van der Waals surface area contributed by atoms with Crippen LogP contribution >= 0.6 is 0 Å². The maximum absolute atomic E-state index is 7.12. The van der Waals surface area contributed by atoms with Gasteiger partial charge in [0.05, 0.1) is 0 Å². The highest BCUT2D eigenvalue weighted by Crippen LogP contribution is 2.19. The van der Waals surface area contributed by atoms with E-state index in [-0.39, 0.29) is 0 Å². The van der Waals surface area contributed by atoms with Gasteiger partial charge in [0.2, 0.25) is 0 Å². The predicted octanol–water partition coefficient (Wildman–Crippen LogP) is 3.32. The number of rotatable bonds is 5. The van der Waals surface area contributed by atoms with E-state index < -0.39 is 7.69 Å². The molecule has 2 rings (SSSR count). The fraction of sp³-hybridized carbons (Fsp3) is 0.294. The quantitative estimate of drug-likeness (QED) is 0.646. The van der Waals surface area contributed by atoms with Gasteiger partial charge < -0.3 is 10.0 Å². The molecule has 2 aromatic carbocycles. The molecule has 0 unspecified atom stereocenters. The summed E-state index contributed by atoms with van der Waals surface area (Å²) in [7, 11) is -0.750. The molecule has 0 aromatic heterocycles. The second-order valence-corrected chi connectivity index (χ2v) is 4.66. The lowest BCUT2D eigenvalue weighted by Gasteiger charge is -2.04. The van der Waals surface area contributed by atoms with E-state index in [1.807, 2.05) is 0 Å². The van der Waals surface area contributed by atoms with Crippen LogP contribution in [0.2, 0.25) is 0 Å². The summed E-state index contributed by atoms with van der Waals surface area (Å²) in [5.74, 6) is 0. The zero-order valence-corrected chi connectivity index (χ0v) is 12.1. The molecule has 2 N–H and O–H groups in total. The van der Waals surface area contributed by atoms with Crippen molar-refractivity contribution in [2.45, 2.75) is 32.6 Å². The molecule has 3 heteroatoms. The van der Waals surface area contributed by atoms with Crippen LogP contribution in [0.5, 0.6) is 0 Å². The molecule has 0 aliphatic carbocycles. The molecular formula is C17H23BO2. The second kappa shape index (κ2) is 10.2. The molecule has 0 saturated carbocycles. The van der Waals surface area contributed by atoms with Crippen molar-refractivity contribution in [3.8, 4) is 11.1 Å². The van der Waals surface area contributed by atoms with E-state index in [1.165, 1.54) is 42.4 Å². The van der Waals surface area contributed by atoms with Crippen molar-refractivity contribution in [1.29, 1.82) is 0 Å². The summed E-state index contributed by atoms with van der Waals surface area (Å²) in [4.78, 5) is 0. The van der Waals surface area contributed by atoms with E-state index in [2.05, 4.69) is 61.5 Å². The van der Waals surface area contributed by atoms with E-state index >= 15 is 0 Å². The van der Waals surface area contributed by atoms with Crippen LogP contribution in [-0.2, 0) is 6.42 Å². The number of aryl methyl sites for hydroxylation is 1. The molecule has 0 aliphatic heterocycles. The van der Waals surface area contributed by atoms with Crippen LogP contribution in [0.4, 0.5) is 0 Å². The van der Waals surface area contributed by atoms with E-state index in [1.54, 1.807) is 0 Å². The number of hydrogen-bond donors (Lipinski definition) is 2. The van der Waals surface area contributed by atoms with Gasteiger partial charge in [-0.05, 0) is 29.5 Å². The van der Waals surface area contributed by atoms with Gasteiger partial charge in [0.1, 0.15) is 0 Å². The lowest BCUT2D eigenvalue weighted by atomic mass is 10.0. The molecule has 0 radical (unpaired) electrons. The maximum Gasteiger partial charge on any atom is 0.432 e. The first-order valence-electron chi connectivity index (χ1n) is 7.18. The Morgan fingerprint density at radius 3 is 1.90 bits per heavy atom. The van der Waals surface area contributed by atoms with Crippen molar-refractivity contribution in [2.24, 2.45) is 0 Å². The number of hydrogen-bond acceptors (Lipinski definition) is 2. The van der Waals surface area contributed by atoms with Crippen molar-refractivity contribution in [1.82, 2.24) is 0 Å². The summed E-state index contributed by atoms with van der Waals surface area (Å²) in [6.45, 7) is 2.25. The van der Waals surface area contributed by atoms with Crippen molar-refractivity contribution in [3.05, 3.63) is 60.2 Å². The molecule has 0 fully saturated rings. The van der Waals surface area contributed by atoms with Crippen molar-refractivity contribution >= 4 is 7.69 Å². The summed E-state index contributed by atoms with van der Waals surface area (Å²) in [5, 5.41) is 14.2. The lowest BCUT2D eigenvalue weighted by molar-refractivity contribution is 0.448. The van der Waals surface area contributed by atoms with Crippen LogP contribution in [0.15, 0.2) is 54.6 Å². The van der Waals surface area contributed by atoms with Crippen molar-refractivity contribution in [3.63, 3.8) is 0 Å². The van der Waals surface area contributed by atoms with E-state index in [9.17, 15) is 0 Å². The topological polar surface area (TPSA) is 40.5 Å². The largest absolute Gasteiger partial charge is 0.432 e. The summed E-state index contributed by atoms with van der Waals surface area (Å²) in [6, 6.07) is 19.5. The van der Waals surface area contributed by atoms with Gasteiger partial charge in [-0.1, -0.05) is 74.4 Å². The zero-order chi connectivity index (χ0) is 14.6. The van der Waals surface area contributed by atoms with Crippen LogP contribution in [0.25, 0.3) is 11.1 Å². The van der Waals surface area contributed by atoms with Crippen LogP contribution in [0, 0.1) is 0 Å². The predicted molar refractivity (Wildman–Crippen MR) is 86.7 cm³/mol. The second-order valence-electron chi connectivity index (χ2n) is 4.66. The summed E-state index contributed by atoms with van der Waals surface area (Å²) >= 11 is 0. The Morgan fingerprint density at radius 2 is 1.35 bits per heavy atom. The summed E-state index contributed by atoms with van der Waals surface area (Å²) in [6.07, 6.45) is 5.15. The molecule has 2 nitrogen and oxygen atoms in total. The molecule has 0 atom stereocenters. The third-order valence-electron chi connectivity index (χ3n) is 3.13. The van der Waals surface area contributed by atoms with Crippen LogP contribution in [0.1, 0.15) is 31.7 Å². The lowest BCUT2D eigenvalue weighted by Crippen LogP contribution is -1.85. The van der Waals surface area contributed by atoms with Gasteiger partial charge in [0.25, 0.3) is 0 Å². The molecule has 0 saturated heterocycles. The minimum absolute atomic E-state index is 0.750. The summed E-state index contributed by atoms with van der Waals surface area (Å²) in [5.41, 5.74) is 4.07. The highest BCUT2D eigenvalue weighted by atomic mass is 16.4. The molecule has 0 amide bonds. The molecule has 20 heavy (non-hydrogen) atoms. The first kappa shape index (κ1) is 16.5. The Bertz CT molecular complexity index is 454. The first-order valence-corrected chi connectivity index (χ1v) is 7.18. The number of benzene rings is 2. The van der Waals surface area contributed by atoms with E-state index in [4.69, 9.17) is 10.0 Å². The minimum atomic E-state index is -0.750. The summed E-state index contributed by atoms with van der Waals surface area (Å²) < 4.78 is 0. The molecule has 0 aliphatic rings. The molecule has 2 aromatic rings. The van der Waals surface area contributed by atoms with Gasteiger partial charge >= 0.3 is 7.69 Å². The van der Waals surface area contributed by atoms with E-state index in [0.29, 0.717) is 0 Å². The van der Waals surface area contributed by atoms with Crippen LogP contribution in [-0.4, -0.2) is 17.7 Å². The molecule has 106 valence electrons. The Kier molecular flexibility index (Phi) is 8.44. The molecule has 0 bridgehead atoms.